The molecule has 14 heteroatoms. The van der Waals surface area contributed by atoms with E-state index >= 15 is 0 Å². The molecule has 0 N–H and O–H groups in total. The average molecular weight is 459 g/mol. The number of rotatable bonds is 7. The lowest BCUT2D eigenvalue weighted by atomic mass is 9.80. The molecule has 9 nitrogen and oxygen atoms in total. The second-order valence-corrected chi connectivity index (χ2v) is 8.87. The first-order valence-corrected chi connectivity index (χ1v) is 9.95. The second-order valence-electron chi connectivity index (χ2n) is 7.45. The van der Waals surface area contributed by atoms with E-state index in [4.69, 9.17) is 9.47 Å². The minimum absolute atomic E-state index is 0.000472. The van der Waals surface area contributed by atoms with Crippen molar-refractivity contribution in [2.45, 2.75) is 36.7 Å². The molecule has 2 aliphatic carbocycles. The van der Waals surface area contributed by atoms with E-state index in [9.17, 15) is 44.9 Å². The van der Waals surface area contributed by atoms with Gasteiger partial charge < -0.3 is 18.8 Å². The maximum atomic E-state index is 13.5. The van der Waals surface area contributed by atoms with E-state index in [-0.39, 0.29) is 12.0 Å². The van der Waals surface area contributed by atoms with Gasteiger partial charge in [-0.15, -0.1) is 0 Å². The van der Waals surface area contributed by atoms with Crippen molar-refractivity contribution >= 4 is 28.0 Å². The number of hydrogen-bond donors (Lipinski definition) is 0. The van der Waals surface area contributed by atoms with Crippen molar-refractivity contribution in [3.63, 3.8) is 0 Å². The van der Waals surface area contributed by atoms with Crippen LogP contribution in [0.1, 0.15) is 13.3 Å². The molecule has 3 fully saturated rings. The average Bonchev–Trinajstić information content (AvgIpc) is 3.21. The summed E-state index contributed by atoms with van der Waals surface area (Å²) in [4.78, 5) is 36.2. The minimum Gasteiger partial charge on any atom is -0.743 e. The van der Waals surface area contributed by atoms with Gasteiger partial charge in [0.15, 0.2) is 16.7 Å². The molecule has 2 bridgehead atoms. The van der Waals surface area contributed by atoms with Crippen LogP contribution in [0, 0.1) is 23.7 Å². The Morgan fingerprint density at radius 2 is 1.87 bits per heavy atom. The summed E-state index contributed by atoms with van der Waals surface area (Å²) in [7, 11) is -6.74. The molecule has 0 aromatic carbocycles. The lowest BCUT2D eigenvalue weighted by molar-refractivity contribution is -0.201. The van der Waals surface area contributed by atoms with Gasteiger partial charge in [-0.25, -0.2) is 13.2 Å². The zero-order valence-electron chi connectivity index (χ0n) is 15.2. The zero-order valence-corrected chi connectivity index (χ0v) is 16.0. The molecule has 0 radical (unpaired) electrons. The normalized spacial score (nSPS) is 32.7. The summed E-state index contributed by atoms with van der Waals surface area (Å²) in [6.45, 7) is 2.32. The molecule has 0 amide bonds. The molecule has 1 heterocycles. The molecule has 0 aromatic heterocycles. The summed E-state index contributed by atoms with van der Waals surface area (Å²) in [5.74, 6) is -12.3. The Labute approximate surface area is 167 Å². The first-order valence-electron chi connectivity index (χ1n) is 8.55. The fraction of sp³-hybridized carbons (Fsp3) is 0.688. The number of hydrogen-bond acceptors (Lipinski definition) is 9. The highest BCUT2D eigenvalue weighted by Crippen LogP contribution is 2.59. The van der Waals surface area contributed by atoms with Gasteiger partial charge in [-0.1, -0.05) is 6.58 Å². The van der Waals surface area contributed by atoms with Crippen LogP contribution in [0.25, 0.3) is 0 Å². The minimum atomic E-state index is -6.74. The number of ether oxygens (including phenoxy) is 3. The Morgan fingerprint density at radius 3 is 2.40 bits per heavy atom. The molecule has 1 saturated heterocycles. The first-order chi connectivity index (χ1) is 13.6. The molecular formula is C16H15F4O9S-. The maximum absolute atomic E-state index is 13.5. The number of fused-ring (bicyclic) bond motifs is 1. The molecule has 6 atom stereocenters. The molecule has 1 aliphatic heterocycles. The topological polar surface area (TPSA) is 136 Å². The van der Waals surface area contributed by atoms with Gasteiger partial charge in [0.1, 0.15) is 24.0 Å². The Kier molecular flexibility index (Phi) is 5.17. The van der Waals surface area contributed by atoms with Crippen molar-refractivity contribution in [1.29, 1.82) is 0 Å². The lowest BCUT2D eigenvalue weighted by Gasteiger charge is -2.31. The van der Waals surface area contributed by atoms with E-state index in [0.29, 0.717) is 0 Å². The smallest absolute Gasteiger partial charge is 0.399 e. The zero-order chi connectivity index (χ0) is 22.8. The molecule has 3 rings (SSSR count). The van der Waals surface area contributed by atoms with Gasteiger partial charge in [0.2, 0.25) is 0 Å². The van der Waals surface area contributed by atoms with Crippen molar-refractivity contribution in [2.75, 3.05) is 6.61 Å². The highest BCUT2D eigenvalue weighted by Gasteiger charge is 2.70. The summed E-state index contributed by atoms with van der Waals surface area (Å²) in [5.41, 5.74) is 0.000472. The monoisotopic (exact) mass is 459 g/mol. The summed E-state index contributed by atoms with van der Waals surface area (Å²) in [6, 6.07) is 0. The van der Waals surface area contributed by atoms with E-state index in [1.54, 1.807) is 0 Å². The van der Waals surface area contributed by atoms with Crippen LogP contribution in [0.4, 0.5) is 17.6 Å². The maximum Gasteiger partial charge on any atom is 0.399 e. The van der Waals surface area contributed by atoms with Gasteiger partial charge in [-0.3, -0.25) is 9.59 Å². The second kappa shape index (κ2) is 6.90. The fourth-order valence-corrected chi connectivity index (χ4v) is 4.63. The third-order valence-corrected chi connectivity index (χ3v) is 6.47. The largest absolute Gasteiger partial charge is 0.743 e. The van der Waals surface area contributed by atoms with E-state index in [0.717, 1.165) is 0 Å². The third kappa shape index (κ3) is 3.25. The Bertz CT molecular complexity index is 916. The summed E-state index contributed by atoms with van der Waals surface area (Å²) in [6.07, 6.45) is -2.07. The van der Waals surface area contributed by atoms with Gasteiger partial charge in [0.05, 0.1) is 0 Å². The van der Waals surface area contributed by atoms with Crippen LogP contribution >= 0.6 is 0 Å². The predicted molar refractivity (Wildman–Crippen MR) is 83.7 cm³/mol. The highest BCUT2D eigenvalue weighted by molar-refractivity contribution is 7.86. The summed E-state index contributed by atoms with van der Waals surface area (Å²) < 4.78 is 99.1. The lowest BCUT2D eigenvalue weighted by Crippen LogP contribution is -2.51. The van der Waals surface area contributed by atoms with Crippen LogP contribution in [-0.2, 0) is 38.7 Å². The molecule has 2 saturated carbocycles. The van der Waals surface area contributed by atoms with Crippen molar-refractivity contribution in [1.82, 2.24) is 0 Å². The van der Waals surface area contributed by atoms with E-state index in [1.165, 1.54) is 6.92 Å². The van der Waals surface area contributed by atoms with Crippen molar-refractivity contribution in [3.8, 4) is 0 Å². The van der Waals surface area contributed by atoms with Gasteiger partial charge in [0, 0.05) is 17.4 Å². The van der Waals surface area contributed by atoms with Crippen LogP contribution in [0.5, 0.6) is 0 Å². The predicted octanol–water partition coefficient (Wildman–Crippen LogP) is 0.598. The number of carbonyl (C=O) groups is 3. The Morgan fingerprint density at radius 1 is 1.27 bits per heavy atom. The molecule has 30 heavy (non-hydrogen) atoms. The van der Waals surface area contributed by atoms with Gasteiger partial charge in [-0.05, 0) is 13.3 Å². The Balaban J connectivity index is 1.76. The molecule has 0 spiro atoms. The van der Waals surface area contributed by atoms with Gasteiger partial charge >= 0.3 is 29.1 Å². The number of carbonyl (C=O) groups excluding carboxylic acids is 3. The highest BCUT2D eigenvalue weighted by atomic mass is 32.2. The van der Waals surface area contributed by atoms with Crippen molar-refractivity contribution in [2.24, 2.45) is 23.7 Å². The summed E-state index contributed by atoms with van der Waals surface area (Å²) in [5, 5.41) is -6.01. The third-order valence-electron chi connectivity index (χ3n) is 5.54. The molecule has 3 aliphatic rings. The van der Waals surface area contributed by atoms with E-state index < -0.39 is 81.7 Å². The van der Waals surface area contributed by atoms with E-state index in [1.807, 2.05) is 0 Å². The molecule has 6 unspecified atom stereocenters. The van der Waals surface area contributed by atoms with Gasteiger partial charge in [0.25, 0.3) is 0 Å². The Hall–Kier alpha value is -2.22. The number of esters is 3. The molecular weight excluding hydrogens is 444 g/mol. The quantitative estimate of drug-likeness (QED) is 0.176. The van der Waals surface area contributed by atoms with Gasteiger partial charge in [-0.2, -0.15) is 17.6 Å². The molecule has 0 aromatic rings. The van der Waals surface area contributed by atoms with E-state index in [2.05, 4.69) is 11.3 Å². The standard InChI is InChI=1S/C16H16F4O9S/c1-5(2)12(21)28-11-6-3-7-9(11)14(23)29-10(7)8(6)13(22)27-4-15(17,18)16(19,20)30(24,25)26/h6-11H,1,3-4H2,2H3,(H,24,25,26)/p-1. The van der Waals surface area contributed by atoms with Crippen LogP contribution in [-0.4, -0.2) is 60.9 Å². The first kappa shape index (κ1) is 22.5. The number of alkyl halides is 4. The van der Waals surface area contributed by atoms with Crippen molar-refractivity contribution < 1.29 is 59.1 Å². The molecule has 168 valence electrons. The fourth-order valence-electron chi connectivity index (χ4n) is 4.21. The van der Waals surface area contributed by atoms with Crippen molar-refractivity contribution in [3.05, 3.63) is 12.2 Å². The van der Waals surface area contributed by atoms with Crippen LogP contribution in [0.2, 0.25) is 0 Å². The van der Waals surface area contributed by atoms with Crippen LogP contribution in [0.3, 0.4) is 0 Å². The van der Waals surface area contributed by atoms with Crippen LogP contribution in [0.15, 0.2) is 12.2 Å². The van der Waals surface area contributed by atoms with Crippen LogP contribution < -0.4 is 0 Å². The SMILES string of the molecule is C=C(C)C(=O)OC1C2CC3C(OC(=O)C31)C2C(=O)OCC(F)(F)C(F)(F)S(=O)(=O)[O-]. The summed E-state index contributed by atoms with van der Waals surface area (Å²) >= 11 is 0. The number of halogens is 4.